The summed E-state index contributed by atoms with van der Waals surface area (Å²) in [4.78, 5) is 12.1. The predicted molar refractivity (Wildman–Crippen MR) is 87.7 cm³/mol. The van der Waals surface area contributed by atoms with Gasteiger partial charge in [0, 0.05) is 22.2 Å². The molecule has 1 N–H and O–H groups in total. The van der Waals surface area contributed by atoms with Crippen LogP contribution in [-0.2, 0) is 0 Å². The minimum Gasteiger partial charge on any atom is -0.267 e. The van der Waals surface area contributed by atoms with E-state index in [2.05, 4.69) is 31.3 Å². The molecule has 1 saturated carbocycles. The van der Waals surface area contributed by atoms with Crippen molar-refractivity contribution in [3.8, 4) is 0 Å². The molecule has 0 aromatic heterocycles. The van der Waals surface area contributed by atoms with E-state index in [0.29, 0.717) is 28.3 Å². The summed E-state index contributed by atoms with van der Waals surface area (Å²) in [6.07, 6.45) is 3.37. The van der Waals surface area contributed by atoms with Gasteiger partial charge >= 0.3 is 0 Å². The summed E-state index contributed by atoms with van der Waals surface area (Å²) >= 11 is 5.91. The van der Waals surface area contributed by atoms with Gasteiger partial charge in [-0.2, -0.15) is 5.10 Å². The number of nitrogens with zero attached hydrogens (tertiary/aromatic N) is 1. The molecule has 1 amide bonds. The van der Waals surface area contributed by atoms with E-state index in [4.69, 9.17) is 11.6 Å². The fraction of sp³-hybridized carbons (Fsp3) is 0.529. The van der Waals surface area contributed by atoms with Gasteiger partial charge in [0.05, 0.1) is 0 Å². The fourth-order valence-corrected chi connectivity index (χ4v) is 3.09. The van der Waals surface area contributed by atoms with E-state index in [0.717, 1.165) is 18.6 Å². The third kappa shape index (κ3) is 4.31. The monoisotopic (exact) mass is 306 g/mol. The Morgan fingerprint density at radius 3 is 2.81 bits per heavy atom. The molecule has 4 heteroatoms. The van der Waals surface area contributed by atoms with E-state index >= 15 is 0 Å². The van der Waals surface area contributed by atoms with Crippen LogP contribution in [0.25, 0.3) is 0 Å². The van der Waals surface area contributed by atoms with Gasteiger partial charge in [0.1, 0.15) is 0 Å². The van der Waals surface area contributed by atoms with Gasteiger partial charge in [-0.15, -0.1) is 0 Å². The number of amides is 1. The average Bonchev–Trinajstić information content (AvgIpc) is 2.44. The largest absolute Gasteiger partial charge is 0.271 e. The first-order chi connectivity index (χ1) is 9.97. The average molecular weight is 307 g/mol. The summed E-state index contributed by atoms with van der Waals surface area (Å²) in [7, 11) is 0. The summed E-state index contributed by atoms with van der Waals surface area (Å²) < 4.78 is 0. The van der Waals surface area contributed by atoms with Gasteiger partial charge in [0.25, 0.3) is 5.91 Å². The molecular formula is C17H23ClN2O. The van der Waals surface area contributed by atoms with E-state index in [9.17, 15) is 4.79 Å². The lowest BCUT2D eigenvalue weighted by atomic mass is 9.76. The van der Waals surface area contributed by atoms with Crippen molar-refractivity contribution in [1.29, 1.82) is 0 Å². The zero-order chi connectivity index (χ0) is 15.4. The highest BCUT2D eigenvalue weighted by atomic mass is 35.5. The van der Waals surface area contributed by atoms with Crippen LogP contribution in [-0.4, -0.2) is 11.6 Å². The number of rotatable bonds is 3. The predicted octanol–water partition coefficient (Wildman–Crippen LogP) is 4.52. The van der Waals surface area contributed by atoms with Crippen LogP contribution in [0.3, 0.4) is 0 Å². The van der Waals surface area contributed by atoms with Crippen LogP contribution in [0.1, 0.15) is 50.4 Å². The Kier molecular flexibility index (Phi) is 5.40. The van der Waals surface area contributed by atoms with Crippen LogP contribution in [0, 0.1) is 17.8 Å². The molecule has 2 atom stereocenters. The molecule has 114 valence electrons. The van der Waals surface area contributed by atoms with Crippen molar-refractivity contribution < 1.29 is 4.79 Å². The zero-order valence-corrected chi connectivity index (χ0v) is 13.7. The molecule has 0 unspecified atom stereocenters. The molecule has 0 spiro atoms. The maximum absolute atomic E-state index is 12.1. The second-order valence-corrected chi connectivity index (χ2v) is 6.73. The van der Waals surface area contributed by atoms with Crippen LogP contribution in [0.5, 0.6) is 0 Å². The lowest BCUT2D eigenvalue weighted by molar-refractivity contribution is 0.0954. The molecule has 1 aromatic rings. The highest BCUT2D eigenvalue weighted by Gasteiger charge is 2.27. The third-order valence-electron chi connectivity index (χ3n) is 4.15. The van der Waals surface area contributed by atoms with Gasteiger partial charge in [-0.05, 0) is 49.3 Å². The number of hydrazone groups is 1. The van der Waals surface area contributed by atoms with Crippen molar-refractivity contribution in [2.24, 2.45) is 22.9 Å². The molecule has 21 heavy (non-hydrogen) atoms. The van der Waals surface area contributed by atoms with Gasteiger partial charge in [0.2, 0.25) is 0 Å². The summed E-state index contributed by atoms with van der Waals surface area (Å²) in [6, 6.07) is 6.91. The molecule has 1 aliphatic carbocycles. The smallest absolute Gasteiger partial charge is 0.267 e. The van der Waals surface area contributed by atoms with Crippen LogP contribution in [0.4, 0.5) is 0 Å². The van der Waals surface area contributed by atoms with E-state index in [1.165, 1.54) is 6.42 Å². The molecule has 2 rings (SSSR count). The molecule has 1 aromatic carbocycles. The van der Waals surface area contributed by atoms with Crippen LogP contribution >= 0.6 is 11.6 Å². The van der Waals surface area contributed by atoms with E-state index in [1.54, 1.807) is 24.3 Å². The fourth-order valence-electron chi connectivity index (χ4n) is 2.90. The Hall–Kier alpha value is -1.35. The lowest BCUT2D eigenvalue weighted by Gasteiger charge is -2.30. The Labute approximate surface area is 131 Å². The highest BCUT2D eigenvalue weighted by Crippen LogP contribution is 2.31. The molecule has 3 nitrogen and oxygen atoms in total. The quantitative estimate of drug-likeness (QED) is 0.820. The van der Waals surface area contributed by atoms with Gasteiger partial charge in [-0.25, -0.2) is 5.43 Å². The lowest BCUT2D eigenvalue weighted by Crippen LogP contribution is -2.31. The van der Waals surface area contributed by atoms with Gasteiger partial charge in [-0.3, -0.25) is 4.79 Å². The van der Waals surface area contributed by atoms with Crippen molar-refractivity contribution >= 4 is 23.2 Å². The first kappa shape index (κ1) is 16.0. The molecule has 0 heterocycles. The van der Waals surface area contributed by atoms with Gasteiger partial charge in [0.15, 0.2) is 0 Å². The maximum Gasteiger partial charge on any atom is 0.271 e. The van der Waals surface area contributed by atoms with Crippen molar-refractivity contribution in [2.45, 2.75) is 40.0 Å². The first-order valence-electron chi connectivity index (χ1n) is 7.59. The standard InChI is InChI=1S/C17H23ClN2O/c1-11(2)15-8-7-12(3)9-16(15)19-20-17(21)13-5-4-6-14(18)10-13/h4-6,10-12,15H,7-9H2,1-3H3,(H,20,21)/b19-16-/t12-,15+/m1/s1. The van der Waals surface area contributed by atoms with Gasteiger partial charge < -0.3 is 0 Å². The second kappa shape index (κ2) is 7.08. The van der Waals surface area contributed by atoms with Crippen molar-refractivity contribution in [2.75, 3.05) is 0 Å². The number of nitrogens with one attached hydrogen (secondary N) is 1. The third-order valence-corrected chi connectivity index (χ3v) is 4.38. The Morgan fingerprint density at radius 2 is 2.14 bits per heavy atom. The van der Waals surface area contributed by atoms with Crippen LogP contribution in [0.2, 0.25) is 5.02 Å². The molecule has 1 fully saturated rings. The molecule has 0 saturated heterocycles. The molecule has 0 radical (unpaired) electrons. The minimum atomic E-state index is -0.203. The number of hydrogen-bond acceptors (Lipinski definition) is 2. The molecular weight excluding hydrogens is 284 g/mol. The van der Waals surface area contributed by atoms with Crippen molar-refractivity contribution in [1.82, 2.24) is 5.43 Å². The van der Waals surface area contributed by atoms with Crippen LogP contribution in [0.15, 0.2) is 29.4 Å². The summed E-state index contributed by atoms with van der Waals surface area (Å²) in [5.74, 6) is 1.47. The Morgan fingerprint density at radius 1 is 1.38 bits per heavy atom. The van der Waals surface area contributed by atoms with Crippen molar-refractivity contribution in [3.05, 3.63) is 34.9 Å². The minimum absolute atomic E-state index is 0.203. The number of halogens is 1. The zero-order valence-electron chi connectivity index (χ0n) is 12.9. The second-order valence-electron chi connectivity index (χ2n) is 6.29. The molecule has 0 aliphatic heterocycles. The van der Waals surface area contributed by atoms with E-state index in [1.807, 2.05) is 0 Å². The van der Waals surface area contributed by atoms with E-state index < -0.39 is 0 Å². The molecule has 0 bridgehead atoms. The van der Waals surface area contributed by atoms with Crippen LogP contribution < -0.4 is 5.43 Å². The topological polar surface area (TPSA) is 41.5 Å². The highest BCUT2D eigenvalue weighted by molar-refractivity contribution is 6.30. The Bertz CT molecular complexity index is 539. The summed E-state index contributed by atoms with van der Waals surface area (Å²) in [5, 5.41) is 4.97. The summed E-state index contributed by atoms with van der Waals surface area (Å²) in [5.41, 5.74) is 4.35. The first-order valence-corrected chi connectivity index (χ1v) is 7.97. The van der Waals surface area contributed by atoms with Gasteiger partial charge in [-0.1, -0.05) is 38.4 Å². The number of carbonyl (C=O) groups is 1. The maximum atomic E-state index is 12.1. The number of carbonyl (C=O) groups excluding carboxylic acids is 1. The van der Waals surface area contributed by atoms with E-state index in [-0.39, 0.29) is 5.91 Å². The number of benzene rings is 1. The normalized spacial score (nSPS) is 24.3. The van der Waals surface area contributed by atoms with Crippen molar-refractivity contribution in [3.63, 3.8) is 0 Å². The SMILES string of the molecule is CC(C)[C@@H]1CC[C@@H](C)C/C1=N/NC(=O)c1cccc(Cl)c1. The Balaban J connectivity index is 2.08. The number of hydrogen-bond donors (Lipinski definition) is 1. The summed E-state index contributed by atoms with van der Waals surface area (Å²) in [6.45, 7) is 6.68. The molecule has 1 aliphatic rings.